The fourth-order valence-electron chi connectivity index (χ4n) is 3.05. The Morgan fingerprint density at radius 1 is 1.35 bits per heavy atom. The first-order valence-corrected chi connectivity index (χ1v) is 8.28. The van der Waals surface area contributed by atoms with Crippen molar-refractivity contribution in [2.24, 2.45) is 5.92 Å². The highest BCUT2D eigenvalue weighted by Gasteiger charge is 2.28. The lowest BCUT2D eigenvalue weighted by Gasteiger charge is -2.10. The van der Waals surface area contributed by atoms with Crippen molar-refractivity contribution in [2.45, 2.75) is 77.7 Å². The zero-order valence-electron chi connectivity index (χ0n) is 13.2. The second kappa shape index (κ2) is 7.77. The molecule has 0 amide bonds. The van der Waals surface area contributed by atoms with Crippen LogP contribution in [0.4, 0.5) is 0 Å². The third-order valence-corrected chi connectivity index (χ3v) is 4.50. The van der Waals surface area contributed by atoms with E-state index in [1.807, 2.05) is 0 Å². The molecule has 4 nitrogen and oxygen atoms in total. The Balaban J connectivity index is 1.77. The van der Waals surface area contributed by atoms with Crippen molar-refractivity contribution in [3.63, 3.8) is 0 Å². The summed E-state index contributed by atoms with van der Waals surface area (Å²) < 4.78 is 5.41. The second-order valence-electron chi connectivity index (χ2n) is 6.22. The maximum absolute atomic E-state index is 5.41. The fourth-order valence-corrected chi connectivity index (χ4v) is 3.05. The van der Waals surface area contributed by atoms with Crippen molar-refractivity contribution in [1.29, 1.82) is 0 Å². The predicted molar refractivity (Wildman–Crippen MR) is 80.7 cm³/mol. The topological polar surface area (TPSA) is 51.0 Å². The minimum atomic E-state index is 0.515. The van der Waals surface area contributed by atoms with E-state index in [1.165, 1.54) is 32.1 Å². The van der Waals surface area contributed by atoms with Gasteiger partial charge in [-0.15, -0.1) is 0 Å². The minimum absolute atomic E-state index is 0.515. The number of nitrogens with zero attached hydrogens (tertiary/aromatic N) is 2. The standard InChI is InChI=1S/C16H29N3O/c1-4-10-17-12(3)6-9-15-18-16(19-20-15)14-8-7-13(5-2)11-14/h12-14,17H,4-11H2,1-3H3. The summed E-state index contributed by atoms with van der Waals surface area (Å²) >= 11 is 0. The molecule has 0 bridgehead atoms. The molecule has 0 aromatic carbocycles. The first-order valence-electron chi connectivity index (χ1n) is 8.28. The molecule has 4 heteroatoms. The quantitative estimate of drug-likeness (QED) is 0.788. The Hall–Kier alpha value is -0.900. The lowest BCUT2D eigenvalue weighted by atomic mass is 10.0. The lowest BCUT2D eigenvalue weighted by Crippen LogP contribution is -2.27. The molecule has 1 aromatic heterocycles. The van der Waals surface area contributed by atoms with E-state index in [0.29, 0.717) is 12.0 Å². The largest absolute Gasteiger partial charge is 0.339 e. The number of nitrogens with one attached hydrogen (secondary N) is 1. The molecule has 0 saturated heterocycles. The van der Waals surface area contributed by atoms with Gasteiger partial charge < -0.3 is 9.84 Å². The van der Waals surface area contributed by atoms with Crippen LogP contribution in [0.3, 0.4) is 0 Å². The lowest BCUT2D eigenvalue weighted by molar-refractivity contribution is 0.359. The van der Waals surface area contributed by atoms with E-state index in [-0.39, 0.29) is 0 Å². The van der Waals surface area contributed by atoms with E-state index in [2.05, 4.69) is 36.2 Å². The average Bonchev–Trinajstić information content (AvgIpc) is 3.10. The molecular weight excluding hydrogens is 250 g/mol. The van der Waals surface area contributed by atoms with E-state index < -0.39 is 0 Å². The van der Waals surface area contributed by atoms with Crippen LogP contribution in [0, 0.1) is 5.92 Å². The van der Waals surface area contributed by atoms with Gasteiger partial charge in [0.25, 0.3) is 0 Å². The van der Waals surface area contributed by atoms with E-state index in [0.717, 1.165) is 37.0 Å². The molecule has 2 rings (SSSR count). The SMILES string of the molecule is CCCNC(C)CCc1nc(C2CCC(CC)C2)no1. The average molecular weight is 279 g/mol. The van der Waals surface area contributed by atoms with Gasteiger partial charge in [0.15, 0.2) is 5.82 Å². The zero-order valence-corrected chi connectivity index (χ0v) is 13.2. The monoisotopic (exact) mass is 279 g/mol. The van der Waals surface area contributed by atoms with Crippen LogP contribution >= 0.6 is 0 Å². The summed E-state index contributed by atoms with van der Waals surface area (Å²) in [6.45, 7) is 7.76. The normalized spacial score (nSPS) is 24.1. The molecule has 20 heavy (non-hydrogen) atoms. The Morgan fingerprint density at radius 2 is 2.20 bits per heavy atom. The molecule has 3 unspecified atom stereocenters. The molecule has 1 heterocycles. The van der Waals surface area contributed by atoms with Gasteiger partial charge in [-0.3, -0.25) is 0 Å². The summed E-state index contributed by atoms with van der Waals surface area (Å²) in [5.74, 6) is 3.16. The molecule has 1 aromatic rings. The first-order chi connectivity index (χ1) is 9.72. The summed E-state index contributed by atoms with van der Waals surface area (Å²) in [6.07, 6.45) is 8.19. The van der Waals surface area contributed by atoms with Gasteiger partial charge in [0, 0.05) is 18.4 Å². The fraction of sp³-hybridized carbons (Fsp3) is 0.875. The molecule has 0 radical (unpaired) electrons. The third kappa shape index (κ3) is 4.30. The van der Waals surface area contributed by atoms with Gasteiger partial charge >= 0.3 is 0 Å². The summed E-state index contributed by atoms with van der Waals surface area (Å²) in [5, 5.41) is 7.69. The van der Waals surface area contributed by atoms with E-state index in [4.69, 9.17) is 4.52 Å². The molecule has 3 atom stereocenters. The minimum Gasteiger partial charge on any atom is -0.339 e. The molecule has 0 aliphatic heterocycles. The third-order valence-electron chi connectivity index (χ3n) is 4.50. The highest BCUT2D eigenvalue weighted by molar-refractivity contribution is 4.99. The molecule has 1 saturated carbocycles. The second-order valence-corrected chi connectivity index (χ2v) is 6.22. The number of aromatic nitrogens is 2. The number of rotatable bonds is 8. The van der Waals surface area contributed by atoms with Crippen molar-refractivity contribution in [1.82, 2.24) is 15.5 Å². The summed E-state index contributed by atoms with van der Waals surface area (Å²) in [6, 6.07) is 0.515. The van der Waals surface area contributed by atoms with Gasteiger partial charge in [-0.05, 0) is 51.5 Å². The molecule has 114 valence electrons. The van der Waals surface area contributed by atoms with E-state index in [9.17, 15) is 0 Å². The van der Waals surface area contributed by atoms with Crippen molar-refractivity contribution < 1.29 is 4.52 Å². The van der Waals surface area contributed by atoms with Crippen LogP contribution in [-0.4, -0.2) is 22.7 Å². The van der Waals surface area contributed by atoms with Crippen LogP contribution < -0.4 is 5.32 Å². The molecule has 1 N–H and O–H groups in total. The highest BCUT2D eigenvalue weighted by atomic mass is 16.5. The summed E-state index contributed by atoms with van der Waals surface area (Å²) in [4.78, 5) is 4.61. The van der Waals surface area contributed by atoms with Crippen LogP contribution in [-0.2, 0) is 6.42 Å². The summed E-state index contributed by atoms with van der Waals surface area (Å²) in [5.41, 5.74) is 0. The van der Waals surface area contributed by atoms with Gasteiger partial charge in [0.05, 0.1) is 0 Å². The number of aryl methyl sites for hydroxylation is 1. The highest BCUT2D eigenvalue weighted by Crippen LogP contribution is 2.38. The van der Waals surface area contributed by atoms with Crippen molar-refractivity contribution in [2.75, 3.05) is 6.54 Å². The first kappa shape index (κ1) is 15.5. The Morgan fingerprint density at radius 3 is 2.90 bits per heavy atom. The molecule has 0 spiro atoms. The molecule has 1 aliphatic rings. The van der Waals surface area contributed by atoms with Gasteiger partial charge in [-0.25, -0.2) is 0 Å². The van der Waals surface area contributed by atoms with Crippen LogP contribution in [0.2, 0.25) is 0 Å². The smallest absolute Gasteiger partial charge is 0.226 e. The Kier molecular flexibility index (Phi) is 6.02. The molecule has 1 aliphatic carbocycles. The van der Waals surface area contributed by atoms with E-state index >= 15 is 0 Å². The van der Waals surface area contributed by atoms with Crippen LogP contribution in [0.1, 0.15) is 76.9 Å². The maximum atomic E-state index is 5.41. The van der Waals surface area contributed by atoms with Crippen molar-refractivity contribution in [3.05, 3.63) is 11.7 Å². The van der Waals surface area contributed by atoms with Crippen LogP contribution in [0.25, 0.3) is 0 Å². The predicted octanol–water partition coefficient (Wildman–Crippen LogP) is 3.68. The molecular formula is C16H29N3O. The van der Waals surface area contributed by atoms with Crippen molar-refractivity contribution in [3.8, 4) is 0 Å². The van der Waals surface area contributed by atoms with Gasteiger partial charge in [0.1, 0.15) is 0 Å². The summed E-state index contributed by atoms with van der Waals surface area (Å²) in [7, 11) is 0. The van der Waals surface area contributed by atoms with Gasteiger partial charge in [-0.1, -0.05) is 25.4 Å². The zero-order chi connectivity index (χ0) is 14.4. The van der Waals surface area contributed by atoms with Gasteiger partial charge in [0.2, 0.25) is 5.89 Å². The Labute approximate surface area is 122 Å². The Bertz CT molecular complexity index is 391. The maximum Gasteiger partial charge on any atom is 0.226 e. The molecule has 1 fully saturated rings. The van der Waals surface area contributed by atoms with Crippen LogP contribution in [0.5, 0.6) is 0 Å². The number of hydrogen-bond donors (Lipinski definition) is 1. The van der Waals surface area contributed by atoms with E-state index in [1.54, 1.807) is 0 Å². The number of hydrogen-bond acceptors (Lipinski definition) is 4. The van der Waals surface area contributed by atoms with Crippen molar-refractivity contribution >= 4 is 0 Å². The van der Waals surface area contributed by atoms with Crippen LogP contribution in [0.15, 0.2) is 4.52 Å². The van der Waals surface area contributed by atoms with Gasteiger partial charge in [-0.2, -0.15) is 4.98 Å².